The molecule has 1 aliphatic heterocycles. The monoisotopic (exact) mass is 109 g/mol. The fourth-order valence-electron chi connectivity index (χ4n) is 0.394. The van der Waals surface area contributed by atoms with E-state index in [1.54, 1.807) is 12.4 Å². The van der Waals surface area contributed by atoms with Gasteiger partial charge in [0.2, 0.25) is 0 Å². The Labute approximate surface area is 47.8 Å². The molecule has 0 bridgehead atoms. The SMILES string of the molecule is CC1=CN=CNN=C1. The largest absolute Gasteiger partial charge is 0.268 e. The molecule has 0 saturated heterocycles. The molecule has 1 aliphatic rings. The topological polar surface area (TPSA) is 36.8 Å². The van der Waals surface area contributed by atoms with Gasteiger partial charge in [-0.15, -0.1) is 0 Å². The molecule has 0 radical (unpaired) electrons. The normalized spacial score (nSPS) is 16.9. The van der Waals surface area contributed by atoms with Crippen molar-refractivity contribution < 1.29 is 0 Å². The molecule has 0 spiro atoms. The van der Waals surface area contributed by atoms with Crippen molar-refractivity contribution in [3.63, 3.8) is 0 Å². The summed E-state index contributed by atoms with van der Waals surface area (Å²) >= 11 is 0. The lowest BCUT2D eigenvalue weighted by Gasteiger charge is -1.80. The van der Waals surface area contributed by atoms with E-state index in [9.17, 15) is 0 Å². The zero-order valence-corrected chi connectivity index (χ0v) is 4.63. The molecule has 0 atom stereocenters. The van der Waals surface area contributed by atoms with E-state index in [2.05, 4.69) is 15.5 Å². The predicted molar refractivity (Wildman–Crippen MR) is 33.9 cm³/mol. The van der Waals surface area contributed by atoms with Gasteiger partial charge in [0, 0.05) is 6.20 Å². The van der Waals surface area contributed by atoms with Gasteiger partial charge in [-0.1, -0.05) is 0 Å². The summed E-state index contributed by atoms with van der Waals surface area (Å²) in [6, 6.07) is 0. The second-order valence-electron chi connectivity index (χ2n) is 1.54. The molecule has 0 aromatic carbocycles. The van der Waals surface area contributed by atoms with E-state index in [1.165, 1.54) is 6.34 Å². The minimum atomic E-state index is 1.05. The van der Waals surface area contributed by atoms with E-state index < -0.39 is 0 Å². The number of nitrogens with zero attached hydrogens (tertiary/aromatic N) is 2. The molecule has 0 aromatic rings. The first-order valence-corrected chi connectivity index (χ1v) is 2.36. The van der Waals surface area contributed by atoms with Crippen molar-refractivity contribution in [2.45, 2.75) is 6.92 Å². The first-order chi connectivity index (χ1) is 3.89. The minimum Gasteiger partial charge on any atom is -0.268 e. The molecule has 0 saturated carbocycles. The van der Waals surface area contributed by atoms with Crippen LogP contribution in [-0.2, 0) is 0 Å². The molecule has 0 aliphatic carbocycles. The van der Waals surface area contributed by atoms with Crippen LogP contribution >= 0.6 is 0 Å². The van der Waals surface area contributed by atoms with Gasteiger partial charge in [-0.3, -0.25) is 5.43 Å². The Kier molecular flexibility index (Phi) is 1.42. The molecule has 0 unspecified atom stereocenters. The van der Waals surface area contributed by atoms with Crippen molar-refractivity contribution in [3.05, 3.63) is 11.8 Å². The highest BCUT2D eigenvalue weighted by Crippen LogP contribution is 1.88. The molecular weight excluding hydrogens is 102 g/mol. The maximum Gasteiger partial charge on any atom is 0.108 e. The van der Waals surface area contributed by atoms with E-state index in [1.807, 2.05) is 6.92 Å². The third kappa shape index (κ3) is 1.18. The Balaban J connectivity index is 2.73. The van der Waals surface area contributed by atoms with Crippen LogP contribution in [0.1, 0.15) is 6.92 Å². The Morgan fingerprint density at radius 2 is 2.50 bits per heavy atom. The maximum atomic E-state index is 3.83. The fraction of sp³-hybridized carbons (Fsp3) is 0.200. The van der Waals surface area contributed by atoms with Gasteiger partial charge in [-0.25, -0.2) is 4.99 Å². The molecule has 0 fully saturated rings. The van der Waals surface area contributed by atoms with Gasteiger partial charge in [0.25, 0.3) is 0 Å². The molecule has 8 heavy (non-hydrogen) atoms. The summed E-state index contributed by atoms with van der Waals surface area (Å²) in [5.74, 6) is 0. The third-order valence-electron chi connectivity index (χ3n) is 0.753. The van der Waals surface area contributed by atoms with Gasteiger partial charge in [0.05, 0.1) is 6.21 Å². The number of allylic oxidation sites excluding steroid dienone is 1. The standard InChI is InChI=1S/C5H7N3/c1-5-2-6-4-8-7-3-5/h2-4H,1H3,(H,6,8). The van der Waals surface area contributed by atoms with Crippen LogP contribution in [0.15, 0.2) is 21.9 Å². The molecular formula is C5H7N3. The lowest BCUT2D eigenvalue weighted by molar-refractivity contribution is 1.07. The third-order valence-corrected chi connectivity index (χ3v) is 0.753. The summed E-state index contributed by atoms with van der Waals surface area (Å²) in [7, 11) is 0. The molecule has 3 nitrogen and oxygen atoms in total. The van der Waals surface area contributed by atoms with Gasteiger partial charge in [0.15, 0.2) is 0 Å². The first-order valence-electron chi connectivity index (χ1n) is 2.36. The van der Waals surface area contributed by atoms with Crippen LogP contribution in [0.3, 0.4) is 0 Å². The average Bonchev–Trinajstić information content (AvgIpc) is 1.94. The number of rotatable bonds is 0. The van der Waals surface area contributed by atoms with Gasteiger partial charge in [-0.05, 0) is 12.5 Å². The highest BCUT2D eigenvalue weighted by atomic mass is 15.3. The average molecular weight is 109 g/mol. The summed E-state index contributed by atoms with van der Waals surface area (Å²) in [5.41, 5.74) is 3.65. The van der Waals surface area contributed by atoms with Crippen molar-refractivity contribution in [1.82, 2.24) is 5.43 Å². The number of hydrazone groups is 1. The van der Waals surface area contributed by atoms with E-state index in [-0.39, 0.29) is 0 Å². The fourth-order valence-corrected chi connectivity index (χ4v) is 0.394. The molecule has 1 heterocycles. The second kappa shape index (κ2) is 2.26. The molecule has 3 heteroatoms. The Morgan fingerprint density at radius 1 is 1.62 bits per heavy atom. The summed E-state index contributed by atoms with van der Waals surface area (Å²) in [5, 5.41) is 3.76. The molecule has 1 rings (SSSR count). The van der Waals surface area contributed by atoms with Crippen molar-refractivity contribution in [2.24, 2.45) is 10.1 Å². The number of hydrogen-bond acceptors (Lipinski definition) is 3. The Hall–Kier alpha value is -1.12. The van der Waals surface area contributed by atoms with Crippen LogP contribution in [-0.4, -0.2) is 12.6 Å². The van der Waals surface area contributed by atoms with Gasteiger partial charge < -0.3 is 0 Å². The lowest BCUT2D eigenvalue weighted by atomic mass is 10.4. The van der Waals surface area contributed by atoms with Crippen LogP contribution < -0.4 is 5.43 Å². The Morgan fingerprint density at radius 3 is 3.38 bits per heavy atom. The van der Waals surface area contributed by atoms with Crippen LogP contribution in [0.5, 0.6) is 0 Å². The molecule has 0 amide bonds. The zero-order valence-electron chi connectivity index (χ0n) is 4.63. The molecule has 42 valence electrons. The van der Waals surface area contributed by atoms with Crippen molar-refractivity contribution in [1.29, 1.82) is 0 Å². The lowest BCUT2D eigenvalue weighted by Crippen LogP contribution is -1.98. The quantitative estimate of drug-likeness (QED) is 0.483. The van der Waals surface area contributed by atoms with Crippen molar-refractivity contribution >= 4 is 12.6 Å². The van der Waals surface area contributed by atoms with E-state index in [0.717, 1.165) is 5.57 Å². The smallest absolute Gasteiger partial charge is 0.108 e. The summed E-state index contributed by atoms with van der Waals surface area (Å²) in [6.07, 6.45) is 4.99. The van der Waals surface area contributed by atoms with Gasteiger partial charge in [-0.2, -0.15) is 5.10 Å². The minimum absolute atomic E-state index is 1.05. The molecule has 0 aromatic heterocycles. The van der Waals surface area contributed by atoms with Crippen molar-refractivity contribution in [3.8, 4) is 0 Å². The van der Waals surface area contributed by atoms with Crippen LogP contribution in [0.2, 0.25) is 0 Å². The van der Waals surface area contributed by atoms with Crippen molar-refractivity contribution in [2.75, 3.05) is 0 Å². The number of aliphatic imine (C=N–C) groups is 1. The summed E-state index contributed by atoms with van der Waals surface area (Å²) in [4.78, 5) is 3.83. The van der Waals surface area contributed by atoms with Crippen LogP contribution in [0, 0.1) is 0 Å². The highest BCUT2D eigenvalue weighted by Gasteiger charge is 1.81. The summed E-state index contributed by atoms with van der Waals surface area (Å²) in [6.45, 7) is 1.94. The Bertz CT molecular complexity index is 155. The van der Waals surface area contributed by atoms with Crippen LogP contribution in [0.25, 0.3) is 0 Å². The molecule has 1 N–H and O–H groups in total. The maximum absolute atomic E-state index is 3.83. The second-order valence-corrected chi connectivity index (χ2v) is 1.54. The van der Waals surface area contributed by atoms with Crippen LogP contribution in [0.4, 0.5) is 0 Å². The van der Waals surface area contributed by atoms with E-state index >= 15 is 0 Å². The first kappa shape index (κ1) is 5.03. The number of nitrogens with one attached hydrogen (secondary N) is 1. The van der Waals surface area contributed by atoms with Gasteiger partial charge >= 0.3 is 0 Å². The predicted octanol–water partition coefficient (Wildman–Crippen LogP) is 0.508. The van der Waals surface area contributed by atoms with E-state index in [0.29, 0.717) is 0 Å². The van der Waals surface area contributed by atoms with E-state index in [4.69, 9.17) is 0 Å². The summed E-state index contributed by atoms with van der Waals surface area (Å²) < 4.78 is 0. The highest BCUT2D eigenvalue weighted by molar-refractivity contribution is 5.79. The van der Waals surface area contributed by atoms with Gasteiger partial charge in [0.1, 0.15) is 6.34 Å². The number of hydrogen-bond donors (Lipinski definition) is 1. The zero-order chi connectivity index (χ0) is 5.82.